The van der Waals surface area contributed by atoms with Gasteiger partial charge in [0.15, 0.2) is 5.82 Å². The molecule has 0 amide bonds. The van der Waals surface area contributed by atoms with E-state index in [0.29, 0.717) is 22.6 Å². The molecule has 0 aliphatic rings. The summed E-state index contributed by atoms with van der Waals surface area (Å²) in [4.78, 5) is 24.9. The molecule has 168 valence electrons. The van der Waals surface area contributed by atoms with Crippen molar-refractivity contribution < 1.29 is 9.53 Å². The van der Waals surface area contributed by atoms with Crippen LogP contribution in [0.5, 0.6) is 0 Å². The van der Waals surface area contributed by atoms with Crippen LogP contribution in [-0.4, -0.2) is 37.6 Å². The smallest absolute Gasteiger partial charge is 0.337 e. The molecule has 0 aliphatic carbocycles. The van der Waals surface area contributed by atoms with E-state index < -0.39 is 12.0 Å². The Balaban J connectivity index is 1.86. The Labute approximate surface area is 194 Å². The largest absolute Gasteiger partial charge is 0.465 e. The molecule has 0 saturated heterocycles. The van der Waals surface area contributed by atoms with Gasteiger partial charge in [0.1, 0.15) is 29.6 Å². The second kappa shape index (κ2) is 8.84. The Morgan fingerprint density at radius 1 is 1.24 bits per heavy atom. The molecular formula is C23H19N9O2. The van der Waals surface area contributed by atoms with E-state index in [2.05, 4.69) is 26.5 Å². The van der Waals surface area contributed by atoms with Crippen molar-refractivity contribution in [1.29, 1.82) is 10.5 Å². The number of nitrogen functional groups attached to an aromatic ring is 1. The lowest BCUT2D eigenvalue weighted by molar-refractivity contribution is 0.0600. The first-order valence-corrected chi connectivity index (χ1v) is 10.1. The van der Waals surface area contributed by atoms with Gasteiger partial charge in [-0.25, -0.2) is 24.3 Å². The highest BCUT2D eigenvalue weighted by Crippen LogP contribution is 2.29. The van der Waals surface area contributed by atoms with E-state index in [9.17, 15) is 15.3 Å². The van der Waals surface area contributed by atoms with Crippen molar-refractivity contribution in [2.24, 2.45) is 0 Å². The number of nitrogens with zero attached hydrogens (tertiary/aromatic N) is 7. The number of nitrogens with one attached hydrogen (secondary N) is 1. The van der Waals surface area contributed by atoms with Crippen molar-refractivity contribution in [3.63, 3.8) is 0 Å². The molecule has 11 nitrogen and oxygen atoms in total. The highest BCUT2D eigenvalue weighted by molar-refractivity contribution is 5.92. The van der Waals surface area contributed by atoms with Gasteiger partial charge in [0, 0.05) is 11.8 Å². The summed E-state index contributed by atoms with van der Waals surface area (Å²) in [5.41, 5.74) is 9.18. The number of rotatable bonds is 5. The molecule has 11 heteroatoms. The molecule has 0 saturated carbocycles. The van der Waals surface area contributed by atoms with Crippen LogP contribution < -0.4 is 11.1 Å². The van der Waals surface area contributed by atoms with E-state index in [-0.39, 0.29) is 22.8 Å². The van der Waals surface area contributed by atoms with Crippen LogP contribution in [0, 0.1) is 29.6 Å². The van der Waals surface area contributed by atoms with Crippen LogP contribution in [0.2, 0.25) is 0 Å². The van der Waals surface area contributed by atoms with Crippen molar-refractivity contribution in [2.75, 3.05) is 18.2 Å². The third-order valence-corrected chi connectivity index (χ3v) is 5.21. The van der Waals surface area contributed by atoms with Crippen LogP contribution in [0.25, 0.3) is 16.8 Å². The third-order valence-electron chi connectivity index (χ3n) is 5.21. The van der Waals surface area contributed by atoms with Crippen LogP contribution in [0.3, 0.4) is 0 Å². The number of aromatic nitrogens is 5. The Hall–Kier alpha value is -5.03. The highest BCUT2D eigenvalue weighted by atomic mass is 16.5. The molecule has 4 aromatic rings. The van der Waals surface area contributed by atoms with Gasteiger partial charge in [-0.05, 0) is 43.7 Å². The molecular weight excluding hydrogens is 434 g/mol. The monoisotopic (exact) mass is 453 g/mol. The number of aryl methyl sites for hydroxylation is 1. The Bertz CT molecular complexity index is 1510. The van der Waals surface area contributed by atoms with Crippen molar-refractivity contribution in [3.05, 3.63) is 64.9 Å². The number of nitriles is 2. The van der Waals surface area contributed by atoms with Crippen molar-refractivity contribution >= 4 is 23.1 Å². The molecule has 0 spiro atoms. The van der Waals surface area contributed by atoms with E-state index in [1.807, 2.05) is 26.0 Å². The topological polar surface area (TPSA) is 168 Å². The minimum Gasteiger partial charge on any atom is -0.465 e. The lowest BCUT2D eigenvalue weighted by Gasteiger charge is -2.16. The molecule has 0 aliphatic heterocycles. The number of carbonyl (C=O) groups excluding carboxylic acids is 1. The van der Waals surface area contributed by atoms with Gasteiger partial charge < -0.3 is 15.8 Å². The molecule has 1 atom stereocenters. The second-order valence-electron chi connectivity index (χ2n) is 7.47. The first-order valence-electron chi connectivity index (χ1n) is 10.1. The van der Waals surface area contributed by atoms with E-state index in [1.54, 1.807) is 22.8 Å². The summed E-state index contributed by atoms with van der Waals surface area (Å²) < 4.78 is 6.52. The SMILES string of the molecule is COC(=O)c1cc(C#N)cc(-c2nc([C@H](C)Nc3ncnc(N)c3C#N)nn3ccc(C)c23)c1. The van der Waals surface area contributed by atoms with Crippen molar-refractivity contribution in [2.45, 2.75) is 19.9 Å². The number of anilines is 2. The van der Waals surface area contributed by atoms with E-state index in [1.165, 1.54) is 19.5 Å². The molecule has 4 rings (SSSR count). The Morgan fingerprint density at radius 3 is 2.74 bits per heavy atom. The van der Waals surface area contributed by atoms with Gasteiger partial charge in [-0.1, -0.05) is 0 Å². The number of benzene rings is 1. The number of methoxy groups -OCH3 is 1. The predicted molar refractivity (Wildman–Crippen MR) is 122 cm³/mol. The Morgan fingerprint density at radius 2 is 2.03 bits per heavy atom. The molecule has 0 bridgehead atoms. The number of fused-ring (bicyclic) bond motifs is 1. The highest BCUT2D eigenvalue weighted by Gasteiger charge is 2.20. The average Bonchev–Trinajstić information content (AvgIpc) is 3.23. The fourth-order valence-electron chi connectivity index (χ4n) is 3.53. The molecule has 34 heavy (non-hydrogen) atoms. The van der Waals surface area contributed by atoms with Crippen LogP contribution >= 0.6 is 0 Å². The summed E-state index contributed by atoms with van der Waals surface area (Å²) in [5.74, 6) is 0.155. The van der Waals surface area contributed by atoms with Crippen LogP contribution in [-0.2, 0) is 4.74 Å². The number of nitrogens with two attached hydrogens (primary N) is 1. The van der Waals surface area contributed by atoms with Crippen LogP contribution in [0.1, 0.15) is 45.8 Å². The quantitative estimate of drug-likeness (QED) is 0.429. The summed E-state index contributed by atoms with van der Waals surface area (Å²) in [7, 11) is 1.28. The lowest BCUT2D eigenvalue weighted by Crippen LogP contribution is -2.16. The maximum absolute atomic E-state index is 12.2. The first-order chi connectivity index (χ1) is 16.4. The standard InChI is InChI=1S/C23H19N9O2/c1-12-4-5-32-19(12)18(15-6-14(9-24)7-16(8-15)23(33)34-3)30-21(31-32)13(2)29-22-17(10-25)20(26)27-11-28-22/h4-8,11,13H,1-3H3,(H3,26,27,28,29)/t13-/m0/s1. The zero-order valence-electron chi connectivity index (χ0n) is 18.6. The number of hydrogen-bond acceptors (Lipinski definition) is 10. The third kappa shape index (κ3) is 3.94. The summed E-state index contributed by atoms with van der Waals surface area (Å²) in [5, 5.41) is 26.6. The van der Waals surface area contributed by atoms with Gasteiger partial charge in [0.25, 0.3) is 0 Å². The molecule has 3 heterocycles. The van der Waals surface area contributed by atoms with Crippen LogP contribution in [0.15, 0.2) is 36.8 Å². The minimum absolute atomic E-state index is 0.0638. The first kappa shape index (κ1) is 22.2. The number of esters is 1. The van der Waals surface area contributed by atoms with E-state index in [0.717, 1.165) is 11.1 Å². The maximum Gasteiger partial charge on any atom is 0.337 e. The fourth-order valence-corrected chi connectivity index (χ4v) is 3.53. The molecule has 0 unspecified atom stereocenters. The van der Waals surface area contributed by atoms with Crippen molar-refractivity contribution in [3.8, 4) is 23.4 Å². The fraction of sp³-hybridized carbons (Fsp3) is 0.174. The molecule has 3 N–H and O–H groups in total. The van der Waals surface area contributed by atoms with E-state index in [4.69, 9.17) is 15.5 Å². The van der Waals surface area contributed by atoms with Crippen molar-refractivity contribution in [1.82, 2.24) is 24.6 Å². The molecule has 0 fully saturated rings. The maximum atomic E-state index is 12.2. The van der Waals surface area contributed by atoms with Crippen LogP contribution in [0.4, 0.5) is 11.6 Å². The average molecular weight is 453 g/mol. The zero-order valence-corrected chi connectivity index (χ0v) is 18.6. The summed E-state index contributed by atoms with van der Waals surface area (Å²) in [6, 6.07) is 10.2. The number of ether oxygens (including phenoxy) is 1. The molecule has 1 aromatic carbocycles. The zero-order chi connectivity index (χ0) is 24.4. The van der Waals surface area contributed by atoms with Gasteiger partial charge in [-0.3, -0.25) is 0 Å². The number of carbonyl (C=O) groups is 1. The summed E-state index contributed by atoms with van der Waals surface area (Å²) in [6.07, 6.45) is 3.06. The van der Waals surface area contributed by atoms with Gasteiger partial charge in [0.05, 0.1) is 41.6 Å². The van der Waals surface area contributed by atoms with Gasteiger partial charge >= 0.3 is 5.97 Å². The summed E-state index contributed by atoms with van der Waals surface area (Å²) >= 11 is 0. The normalized spacial score (nSPS) is 11.4. The van der Waals surface area contributed by atoms with Gasteiger partial charge in [-0.2, -0.15) is 15.6 Å². The van der Waals surface area contributed by atoms with Gasteiger partial charge in [-0.15, -0.1) is 0 Å². The van der Waals surface area contributed by atoms with Gasteiger partial charge in [0.2, 0.25) is 0 Å². The summed E-state index contributed by atoms with van der Waals surface area (Å²) in [6.45, 7) is 3.73. The lowest BCUT2D eigenvalue weighted by atomic mass is 10.0. The van der Waals surface area contributed by atoms with E-state index >= 15 is 0 Å². The molecule has 0 radical (unpaired) electrons. The number of hydrogen-bond donors (Lipinski definition) is 2. The minimum atomic E-state index is -0.559. The second-order valence-corrected chi connectivity index (χ2v) is 7.47. The predicted octanol–water partition coefficient (Wildman–Crippen LogP) is 2.78. The molecule has 3 aromatic heterocycles. The Kier molecular flexibility index (Phi) is 5.77.